The third kappa shape index (κ3) is 6.42. The summed E-state index contributed by atoms with van der Waals surface area (Å²) in [6.45, 7) is 5.39. The van der Waals surface area contributed by atoms with Gasteiger partial charge in [-0.05, 0) is 62.7 Å². The van der Waals surface area contributed by atoms with Crippen LogP contribution < -0.4 is 5.32 Å². The largest absolute Gasteiger partial charge is 0.465 e. The summed E-state index contributed by atoms with van der Waals surface area (Å²) >= 11 is 0. The standard InChI is InChI=1S/C21H23NO6/c1-21(2,3)28-20(25)22-17-11-9-16(10-12-17)19(24)27-13-14-5-7-15(8-6-14)18(23)26-4/h5-12H,13H2,1-4H3,(H,22,25). The van der Waals surface area contributed by atoms with Crippen LogP contribution in [0.25, 0.3) is 0 Å². The van der Waals surface area contributed by atoms with Gasteiger partial charge in [0.05, 0.1) is 18.2 Å². The lowest BCUT2D eigenvalue weighted by atomic mass is 10.1. The Labute approximate surface area is 163 Å². The zero-order chi connectivity index (χ0) is 20.7. The van der Waals surface area contributed by atoms with Crippen LogP contribution in [0, 0.1) is 0 Å². The van der Waals surface area contributed by atoms with Crippen LogP contribution >= 0.6 is 0 Å². The van der Waals surface area contributed by atoms with Crippen molar-refractivity contribution in [3.8, 4) is 0 Å². The summed E-state index contributed by atoms with van der Waals surface area (Å²) in [6, 6.07) is 12.9. The van der Waals surface area contributed by atoms with E-state index < -0.39 is 23.6 Å². The average molecular weight is 385 g/mol. The van der Waals surface area contributed by atoms with Gasteiger partial charge in [0.1, 0.15) is 12.2 Å². The van der Waals surface area contributed by atoms with Crippen LogP contribution in [0.4, 0.5) is 10.5 Å². The van der Waals surface area contributed by atoms with Crippen LogP contribution in [-0.2, 0) is 20.8 Å². The van der Waals surface area contributed by atoms with Crippen molar-refractivity contribution >= 4 is 23.7 Å². The van der Waals surface area contributed by atoms with Gasteiger partial charge in [-0.2, -0.15) is 0 Å². The summed E-state index contributed by atoms with van der Waals surface area (Å²) in [5.74, 6) is -0.926. The first-order chi connectivity index (χ1) is 13.2. The molecule has 2 rings (SSSR count). The SMILES string of the molecule is COC(=O)c1ccc(COC(=O)c2ccc(NC(=O)OC(C)(C)C)cc2)cc1. The van der Waals surface area contributed by atoms with Crippen molar-refractivity contribution in [3.63, 3.8) is 0 Å². The van der Waals surface area contributed by atoms with Crippen LogP contribution in [0.15, 0.2) is 48.5 Å². The normalized spacial score (nSPS) is 10.7. The molecular formula is C21H23NO6. The third-order valence-corrected chi connectivity index (χ3v) is 3.51. The molecule has 0 aliphatic carbocycles. The van der Waals surface area contributed by atoms with Gasteiger partial charge in [-0.1, -0.05) is 12.1 Å². The number of hydrogen-bond donors (Lipinski definition) is 1. The number of carbonyl (C=O) groups excluding carboxylic acids is 3. The van der Waals surface area contributed by atoms with E-state index >= 15 is 0 Å². The fourth-order valence-electron chi connectivity index (χ4n) is 2.20. The molecule has 0 saturated carbocycles. The first-order valence-corrected chi connectivity index (χ1v) is 8.62. The van der Waals surface area contributed by atoms with Crippen molar-refractivity contribution < 1.29 is 28.6 Å². The lowest BCUT2D eigenvalue weighted by molar-refractivity contribution is 0.0471. The third-order valence-electron chi connectivity index (χ3n) is 3.51. The highest BCUT2D eigenvalue weighted by Gasteiger charge is 2.16. The topological polar surface area (TPSA) is 90.9 Å². The lowest BCUT2D eigenvalue weighted by Crippen LogP contribution is -2.27. The van der Waals surface area contributed by atoms with E-state index in [0.29, 0.717) is 16.8 Å². The second kappa shape index (κ2) is 9.03. The molecule has 1 N–H and O–H groups in total. The Morgan fingerprint density at radius 3 is 1.93 bits per heavy atom. The zero-order valence-corrected chi connectivity index (χ0v) is 16.3. The number of amides is 1. The molecule has 0 saturated heterocycles. The second-order valence-corrected chi connectivity index (χ2v) is 6.97. The van der Waals surface area contributed by atoms with E-state index in [9.17, 15) is 14.4 Å². The van der Waals surface area contributed by atoms with Gasteiger partial charge >= 0.3 is 18.0 Å². The predicted octanol–water partition coefficient (Wildman–Crippen LogP) is 4.18. The Kier molecular flexibility index (Phi) is 6.76. The summed E-state index contributed by atoms with van der Waals surface area (Å²) in [5.41, 5.74) is 1.42. The van der Waals surface area contributed by atoms with Crippen LogP contribution in [0.2, 0.25) is 0 Å². The van der Waals surface area contributed by atoms with E-state index in [0.717, 1.165) is 5.56 Å². The minimum Gasteiger partial charge on any atom is -0.465 e. The number of esters is 2. The van der Waals surface area contributed by atoms with Crippen molar-refractivity contribution in [1.82, 2.24) is 0 Å². The van der Waals surface area contributed by atoms with Crippen molar-refractivity contribution in [1.29, 1.82) is 0 Å². The maximum atomic E-state index is 12.2. The van der Waals surface area contributed by atoms with Crippen molar-refractivity contribution in [2.24, 2.45) is 0 Å². The molecule has 7 nitrogen and oxygen atoms in total. The van der Waals surface area contributed by atoms with E-state index in [1.165, 1.54) is 7.11 Å². The van der Waals surface area contributed by atoms with Gasteiger partial charge in [-0.15, -0.1) is 0 Å². The number of ether oxygens (including phenoxy) is 3. The van der Waals surface area contributed by atoms with Gasteiger partial charge in [0.15, 0.2) is 0 Å². The molecule has 1 amide bonds. The van der Waals surface area contributed by atoms with E-state index in [1.54, 1.807) is 69.3 Å². The number of hydrogen-bond acceptors (Lipinski definition) is 6. The molecule has 28 heavy (non-hydrogen) atoms. The van der Waals surface area contributed by atoms with Crippen LogP contribution in [0.3, 0.4) is 0 Å². The molecule has 0 fully saturated rings. The molecule has 0 spiro atoms. The van der Waals surface area contributed by atoms with E-state index in [1.807, 2.05) is 0 Å². The van der Waals surface area contributed by atoms with Gasteiger partial charge in [-0.25, -0.2) is 14.4 Å². The fourth-order valence-corrected chi connectivity index (χ4v) is 2.20. The van der Waals surface area contributed by atoms with Crippen molar-refractivity contribution in [3.05, 3.63) is 65.2 Å². The molecular weight excluding hydrogens is 362 g/mol. The van der Waals surface area contributed by atoms with Crippen molar-refractivity contribution in [2.75, 3.05) is 12.4 Å². The van der Waals surface area contributed by atoms with Gasteiger partial charge in [0, 0.05) is 5.69 Å². The van der Waals surface area contributed by atoms with Crippen LogP contribution in [-0.4, -0.2) is 30.7 Å². The fraction of sp³-hybridized carbons (Fsp3) is 0.286. The molecule has 7 heteroatoms. The van der Waals surface area contributed by atoms with Gasteiger partial charge in [-0.3, -0.25) is 5.32 Å². The molecule has 0 bridgehead atoms. The summed E-state index contributed by atoms with van der Waals surface area (Å²) in [6.07, 6.45) is -0.571. The van der Waals surface area contributed by atoms with Gasteiger partial charge in [0.25, 0.3) is 0 Å². The highest BCUT2D eigenvalue weighted by Crippen LogP contribution is 2.14. The Morgan fingerprint density at radius 1 is 0.857 bits per heavy atom. The molecule has 2 aromatic rings. The summed E-state index contributed by atoms with van der Waals surface area (Å²) in [7, 11) is 1.31. The molecule has 0 aliphatic rings. The minimum absolute atomic E-state index is 0.0677. The highest BCUT2D eigenvalue weighted by molar-refractivity contribution is 5.91. The second-order valence-electron chi connectivity index (χ2n) is 6.97. The average Bonchev–Trinajstić information content (AvgIpc) is 2.65. The highest BCUT2D eigenvalue weighted by atomic mass is 16.6. The Hall–Kier alpha value is -3.35. The molecule has 0 heterocycles. The first kappa shape index (κ1) is 21.0. The maximum Gasteiger partial charge on any atom is 0.412 e. The smallest absolute Gasteiger partial charge is 0.412 e. The number of rotatable bonds is 5. The monoisotopic (exact) mass is 385 g/mol. The van der Waals surface area contributed by atoms with E-state index in [-0.39, 0.29) is 6.61 Å². The molecule has 0 atom stereocenters. The summed E-state index contributed by atoms with van der Waals surface area (Å²) in [5, 5.41) is 2.59. The number of benzene rings is 2. The molecule has 0 unspecified atom stereocenters. The van der Waals surface area contributed by atoms with E-state index in [4.69, 9.17) is 9.47 Å². The maximum absolute atomic E-state index is 12.2. The number of nitrogens with one attached hydrogen (secondary N) is 1. The minimum atomic E-state index is -0.594. The van der Waals surface area contributed by atoms with Crippen LogP contribution in [0.1, 0.15) is 47.1 Å². The molecule has 0 radical (unpaired) electrons. The van der Waals surface area contributed by atoms with Gasteiger partial charge in [0.2, 0.25) is 0 Å². The molecule has 2 aromatic carbocycles. The number of anilines is 1. The lowest BCUT2D eigenvalue weighted by Gasteiger charge is -2.19. The molecule has 148 valence electrons. The first-order valence-electron chi connectivity index (χ1n) is 8.62. The molecule has 0 aromatic heterocycles. The van der Waals surface area contributed by atoms with E-state index in [2.05, 4.69) is 10.1 Å². The predicted molar refractivity (Wildman–Crippen MR) is 103 cm³/mol. The number of carbonyl (C=O) groups is 3. The van der Waals surface area contributed by atoms with Crippen LogP contribution in [0.5, 0.6) is 0 Å². The number of methoxy groups -OCH3 is 1. The summed E-state index contributed by atoms with van der Waals surface area (Å²) in [4.78, 5) is 35.3. The Morgan fingerprint density at radius 2 is 1.39 bits per heavy atom. The quantitative estimate of drug-likeness (QED) is 0.613. The van der Waals surface area contributed by atoms with Gasteiger partial charge < -0.3 is 14.2 Å². The Bertz CT molecular complexity index is 835. The zero-order valence-electron chi connectivity index (χ0n) is 16.3. The van der Waals surface area contributed by atoms with Crippen molar-refractivity contribution in [2.45, 2.75) is 33.0 Å². The Balaban J connectivity index is 1.89. The summed E-state index contributed by atoms with van der Waals surface area (Å²) < 4.78 is 15.1. The molecule has 0 aliphatic heterocycles.